The van der Waals surface area contributed by atoms with Crippen LogP contribution in [-0.2, 0) is 0 Å². The van der Waals surface area contributed by atoms with Crippen LogP contribution in [0.5, 0.6) is 0 Å². The number of hydrogen-bond acceptors (Lipinski definition) is 3. The normalized spacial score (nSPS) is 10.4. The molecule has 2 nitrogen and oxygen atoms in total. The van der Waals surface area contributed by atoms with Crippen molar-refractivity contribution in [1.29, 1.82) is 5.26 Å². The van der Waals surface area contributed by atoms with Crippen molar-refractivity contribution >= 4 is 17.0 Å². The first-order valence-corrected chi connectivity index (χ1v) is 5.71. The van der Waals surface area contributed by atoms with Crippen LogP contribution in [0.4, 0.5) is 18.9 Å². The van der Waals surface area contributed by atoms with Crippen molar-refractivity contribution in [3.8, 4) is 16.5 Å². The van der Waals surface area contributed by atoms with Gasteiger partial charge < -0.3 is 5.73 Å². The van der Waals surface area contributed by atoms with Crippen LogP contribution < -0.4 is 5.73 Å². The fraction of sp³-hybridized carbons (Fsp3) is 0.0833. The predicted molar refractivity (Wildman–Crippen MR) is 63.5 cm³/mol. The zero-order chi connectivity index (χ0) is 13.4. The van der Waals surface area contributed by atoms with Gasteiger partial charge in [0.25, 0.3) is 0 Å². The molecule has 0 bridgehead atoms. The van der Waals surface area contributed by atoms with Crippen molar-refractivity contribution in [3.63, 3.8) is 0 Å². The number of anilines is 1. The van der Waals surface area contributed by atoms with Crippen LogP contribution in [0.25, 0.3) is 10.4 Å². The number of nitrogen functional groups attached to an aromatic ring is 1. The predicted octanol–water partition coefficient (Wildman–Crippen LogP) is 3.59. The molecule has 0 aliphatic heterocycles. The van der Waals surface area contributed by atoms with Gasteiger partial charge in [-0.15, -0.1) is 11.3 Å². The van der Waals surface area contributed by atoms with Crippen molar-refractivity contribution in [1.82, 2.24) is 0 Å². The van der Waals surface area contributed by atoms with Gasteiger partial charge in [0, 0.05) is 4.88 Å². The fourth-order valence-corrected chi connectivity index (χ4v) is 2.58. The molecule has 2 aromatic rings. The van der Waals surface area contributed by atoms with E-state index in [4.69, 9.17) is 11.0 Å². The second-order valence-corrected chi connectivity index (χ2v) is 4.69. The van der Waals surface area contributed by atoms with Crippen LogP contribution in [0.2, 0.25) is 0 Å². The molecule has 0 amide bonds. The Labute approximate surface area is 105 Å². The molecule has 0 atom stereocenters. The number of benzene rings is 1. The smallest absolute Gasteiger partial charge is 0.194 e. The molecule has 0 fully saturated rings. The molecule has 92 valence electrons. The second-order valence-electron chi connectivity index (χ2n) is 3.66. The Morgan fingerprint density at radius 2 is 1.78 bits per heavy atom. The Balaban J connectivity index is 2.67. The maximum Gasteiger partial charge on any atom is 0.194 e. The molecule has 0 aliphatic rings. The van der Waals surface area contributed by atoms with Crippen LogP contribution in [0.3, 0.4) is 0 Å². The second kappa shape index (κ2) is 4.35. The van der Waals surface area contributed by atoms with E-state index >= 15 is 0 Å². The molecule has 1 aromatic carbocycles. The average Bonchev–Trinajstić information content (AvgIpc) is 2.62. The van der Waals surface area contributed by atoms with Crippen LogP contribution in [0.15, 0.2) is 12.1 Å². The molecule has 0 radical (unpaired) electrons. The highest BCUT2D eigenvalue weighted by Crippen LogP contribution is 2.38. The largest absolute Gasteiger partial charge is 0.397 e. The molecule has 0 unspecified atom stereocenters. The zero-order valence-electron chi connectivity index (χ0n) is 9.22. The SMILES string of the molecule is Cc1c(-c2cc(F)c(F)c(F)c2)sc(C#N)c1N. The molecule has 0 saturated heterocycles. The number of nitrogens with zero attached hydrogens (tertiary/aromatic N) is 1. The van der Waals surface area contributed by atoms with E-state index < -0.39 is 17.5 Å². The number of nitrogens with two attached hydrogens (primary N) is 1. The molecule has 0 spiro atoms. The number of halogens is 3. The van der Waals surface area contributed by atoms with E-state index in [1.165, 1.54) is 0 Å². The number of nitriles is 1. The Kier molecular flexibility index (Phi) is 3.01. The number of hydrogen-bond donors (Lipinski definition) is 1. The first-order chi connectivity index (χ1) is 8.45. The van der Waals surface area contributed by atoms with E-state index in [-0.39, 0.29) is 16.1 Å². The first kappa shape index (κ1) is 12.5. The molecule has 1 aromatic heterocycles. The summed E-state index contributed by atoms with van der Waals surface area (Å²) in [6.45, 7) is 1.64. The molecule has 1 heterocycles. The highest BCUT2D eigenvalue weighted by molar-refractivity contribution is 7.16. The summed E-state index contributed by atoms with van der Waals surface area (Å²) >= 11 is 1.02. The fourth-order valence-electron chi connectivity index (χ4n) is 1.57. The average molecular weight is 268 g/mol. The molecule has 2 rings (SSSR count). The molecular weight excluding hydrogens is 261 g/mol. The minimum Gasteiger partial charge on any atom is -0.397 e. The summed E-state index contributed by atoms with van der Waals surface area (Å²) in [5.41, 5.74) is 6.69. The number of thiophene rings is 1. The van der Waals surface area contributed by atoms with E-state index in [9.17, 15) is 13.2 Å². The van der Waals surface area contributed by atoms with Gasteiger partial charge in [0.1, 0.15) is 10.9 Å². The van der Waals surface area contributed by atoms with E-state index in [0.29, 0.717) is 10.4 Å². The van der Waals surface area contributed by atoms with Crippen LogP contribution >= 0.6 is 11.3 Å². The lowest BCUT2D eigenvalue weighted by Gasteiger charge is -2.02. The van der Waals surface area contributed by atoms with Gasteiger partial charge in [0.15, 0.2) is 17.5 Å². The minimum atomic E-state index is -1.51. The van der Waals surface area contributed by atoms with Gasteiger partial charge in [-0.3, -0.25) is 0 Å². The van der Waals surface area contributed by atoms with Gasteiger partial charge in [-0.2, -0.15) is 5.26 Å². The van der Waals surface area contributed by atoms with Crippen molar-refractivity contribution < 1.29 is 13.2 Å². The lowest BCUT2D eigenvalue weighted by molar-refractivity contribution is 0.448. The van der Waals surface area contributed by atoms with Crippen molar-refractivity contribution in [2.45, 2.75) is 6.92 Å². The summed E-state index contributed by atoms with van der Waals surface area (Å²) in [5, 5.41) is 8.83. The summed E-state index contributed by atoms with van der Waals surface area (Å²) in [4.78, 5) is 0.731. The highest BCUT2D eigenvalue weighted by Gasteiger charge is 2.17. The topological polar surface area (TPSA) is 49.8 Å². The molecule has 0 aliphatic carbocycles. The molecule has 6 heteroatoms. The van der Waals surface area contributed by atoms with E-state index in [1.807, 2.05) is 6.07 Å². The first-order valence-electron chi connectivity index (χ1n) is 4.89. The Morgan fingerprint density at radius 3 is 2.22 bits per heavy atom. The van der Waals surface area contributed by atoms with Gasteiger partial charge >= 0.3 is 0 Å². The van der Waals surface area contributed by atoms with Gasteiger partial charge in [0.05, 0.1) is 5.69 Å². The Hall–Kier alpha value is -2.00. The standard InChI is InChI=1S/C12H7F3N2S/c1-5-11(17)9(4-16)18-12(5)6-2-7(13)10(15)8(14)3-6/h2-3H,17H2,1H3. The van der Waals surface area contributed by atoms with Gasteiger partial charge in [0.2, 0.25) is 0 Å². The van der Waals surface area contributed by atoms with E-state index in [1.54, 1.807) is 6.92 Å². The summed E-state index contributed by atoms with van der Waals surface area (Å²) in [6.07, 6.45) is 0. The third-order valence-electron chi connectivity index (χ3n) is 2.54. The van der Waals surface area contributed by atoms with Gasteiger partial charge in [-0.05, 0) is 30.2 Å². The maximum atomic E-state index is 13.1. The van der Waals surface area contributed by atoms with Gasteiger partial charge in [-0.25, -0.2) is 13.2 Å². The third-order valence-corrected chi connectivity index (χ3v) is 3.80. The molecular formula is C12H7F3N2S. The van der Waals surface area contributed by atoms with Gasteiger partial charge in [-0.1, -0.05) is 0 Å². The highest BCUT2D eigenvalue weighted by atomic mass is 32.1. The summed E-state index contributed by atoms with van der Waals surface area (Å²) in [5.74, 6) is -4.05. The summed E-state index contributed by atoms with van der Waals surface area (Å²) < 4.78 is 39.1. The van der Waals surface area contributed by atoms with Crippen LogP contribution in [0, 0.1) is 35.7 Å². The lowest BCUT2D eigenvalue weighted by atomic mass is 10.1. The third kappa shape index (κ3) is 1.83. The van der Waals surface area contributed by atoms with Crippen molar-refractivity contribution in [3.05, 3.63) is 40.0 Å². The van der Waals surface area contributed by atoms with Crippen molar-refractivity contribution in [2.24, 2.45) is 0 Å². The van der Waals surface area contributed by atoms with Crippen LogP contribution in [0.1, 0.15) is 10.4 Å². The number of rotatable bonds is 1. The van der Waals surface area contributed by atoms with E-state index in [2.05, 4.69) is 0 Å². The molecule has 18 heavy (non-hydrogen) atoms. The monoisotopic (exact) mass is 268 g/mol. The Bertz CT molecular complexity index is 648. The summed E-state index contributed by atoms with van der Waals surface area (Å²) in [7, 11) is 0. The van der Waals surface area contributed by atoms with Crippen molar-refractivity contribution in [2.75, 3.05) is 5.73 Å². The molecule has 2 N–H and O–H groups in total. The van der Waals surface area contributed by atoms with E-state index in [0.717, 1.165) is 23.5 Å². The lowest BCUT2D eigenvalue weighted by Crippen LogP contribution is -1.92. The van der Waals surface area contributed by atoms with Crippen LogP contribution in [-0.4, -0.2) is 0 Å². The zero-order valence-corrected chi connectivity index (χ0v) is 10.0. The summed E-state index contributed by atoms with van der Waals surface area (Å²) in [6, 6.07) is 3.67. The Morgan fingerprint density at radius 1 is 1.22 bits per heavy atom. The maximum absolute atomic E-state index is 13.1. The molecule has 0 saturated carbocycles. The quantitative estimate of drug-likeness (QED) is 0.803. The minimum absolute atomic E-state index is 0.169.